The minimum absolute atomic E-state index is 0.100. The molecule has 6 nitrogen and oxygen atoms in total. The number of benzene rings is 3. The van der Waals surface area contributed by atoms with Crippen LogP contribution in [0.1, 0.15) is 5.56 Å². The van der Waals surface area contributed by atoms with Gasteiger partial charge < -0.3 is 5.32 Å². The zero-order valence-corrected chi connectivity index (χ0v) is 18.0. The monoisotopic (exact) mass is 435 g/mol. The fourth-order valence-corrected chi connectivity index (χ4v) is 4.86. The first-order valence-corrected chi connectivity index (χ1v) is 11.7. The Kier molecular flexibility index (Phi) is 6.46. The first kappa shape index (κ1) is 21.2. The fraction of sp³-hybridized carbons (Fsp3) is 0.208. The Morgan fingerprint density at radius 1 is 0.871 bits per heavy atom. The van der Waals surface area contributed by atoms with Gasteiger partial charge in [-0.1, -0.05) is 66.7 Å². The SMILES string of the molecule is O=C(CN1CCN(S(=O)(=O)/C=C/c2ccccc2)CC1)Nc1cccc2ccccc12. The number of sulfonamides is 1. The number of hydrogen-bond donors (Lipinski definition) is 1. The van der Waals surface area contributed by atoms with E-state index in [1.54, 1.807) is 6.08 Å². The lowest BCUT2D eigenvalue weighted by molar-refractivity contribution is -0.117. The van der Waals surface area contributed by atoms with Crippen LogP contribution in [0.15, 0.2) is 78.2 Å². The first-order chi connectivity index (χ1) is 15.0. The minimum Gasteiger partial charge on any atom is -0.324 e. The number of nitrogens with zero attached hydrogens (tertiary/aromatic N) is 2. The number of hydrogen-bond acceptors (Lipinski definition) is 4. The lowest BCUT2D eigenvalue weighted by atomic mass is 10.1. The molecule has 1 aliphatic rings. The third-order valence-electron chi connectivity index (χ3n) is 5.35. The predicted octanol–water partition coefficient (Wildman–Crippen LogP) is 3.40. The molecule has 0 aliphatic carbocycles. The van der Waals surface area contributed by atoms with E-state index in [0.29, 0.717) is 26.2 Å². The number of amides is 1. The molecule has 31 heavy (non-hydrogen) atoms. The smallest absolute Gasteiger partial charge is 0.238 e. The lowest BCUT2D eigenvalue weighted by Gasteiger charge is -2.32. The number of anilines is 1. The van der Waals surface area contributed by atoms with Crippen LogP contribution < -0.4 is 5.32 Å². The Morgan fingerprint density at radius 3 is 2.32 bits per heavy atom. The molecule has 1 fully saturated rings. The van der Waals surface area contributed by atoms with Crippen molar-refractivity contribution in [3.8, 4) is 0 Å². The van der Waals surface area contributed by atoms with Gasteiger partial charge in [-0.15, -0.1) is 0 Å². The van der Waals surface area contributed by atoms with Crippen molar-refractivity contribution in [2.75, 3.05) is 38.0 Å². The van der Waals surface area contributed by atoms with Crippen LogP contribution in [0.4, 0.5) is 5.69 Å². The highest BCUT2D eigenvalue weighted by atomic mass is 32.2. The zero-order valence-electron chi connectivity index (χ0n) is 17.1. The molecular weight excluding hydrogens is 410 g/mol. The van der Waals surface area contributed by atoms with Gasteiger partial charge in [0.15, 0.2) is 0 Å². The van der Waals surface area contributed by atoms with Gasteiger partial charge in [0.1, 0.15) is 0 Å². The summed E-state index contributed by atoms with van der Waals surface area (Å²) in [5.41, 5.74) is 1.63. The average Bonchev–Trinajstić information content (AvgIpc) is 2.79. The number of piperazine rings is 1. The molecule has 0 bridgehead atoms. The van der Waals surface area contributed by atoms with Crippen LogP contribution in [0.5, 0.6) is 0 Å². The quantitative estimate of drug-likeness (QED) is 0.644. The standard InChI is InChI=1S/C24H25N3O3S/c28-24(25-23-12-6-10-21-9-4-5-11-22(21)23)19-26-14-16-27(17-15-26)31(29,30)18-13-20-7-2-1-3-8-20/h1-13,18H,14-17,19H2,(H,25,28)/b18-13+. The molecule has 0 radical (unpaired) electrons. The van der Waals surface area contributed by atoms with Crippen molar-refractivity contribution in [3.05, 3.63) is 83.8 Å². The summed E-state index contributed by atoms with van der Waals surface area (Å²) in [5, 5.41) is 6.32. The molecule has 1 amide bonds. The molecule has 0 unspecified atom stereocenters. The van der Waals surface area contributed by atoms with Crippen LogP contribution in [0, 0.1) is 0 Å². The summed E-state index contributed by atoms with van der Waals surface area (Å²) in [6.45, 7) is 1.99. The Labute approximate surface area is 182 Å². The summed E-state index contributed by atoms with van der Waals surface area (Å²) in [4.78, 5) is 14.5. The maximum atomic E-state index is 12.6. The van der Waals surface area contributed by atoms with Crippen molar-refractivity contribution in [2.24, 2.45) is 0 Å². The van der Waals surface area contributed by atoms with Crippen molar-refractivity contribution in [1.29, 1.82) is 0 Å². The van der Waals surface area contributed by atoms with Gasteiger partial charge in [0.05, 0.1) is 6.54 Å². The largest absolute Gasteiger partial charge is 0.324 e. The highest BCUT2D eigenvalue weighted by molar-refractivity contribution is 7.92. The molecular formula is C24H25N3O3S. The summed E-state index contributed by atoms with van der Waals surface area (Å²) in [7, 11) is -3.48. The van der Waals surface area contributed by atoms with E-state index in [2.05, 4.69) is 5.32 Å². The molecule has 0 atom stereocenters. The number of nitrogens with one attached hydrogen (secondary N) is 1. The Morgan fingerprint density at radius 2 is 1.55 bits per heavy atom. The topological polar surface area (TPSA) is 69.7 Å². The van der Waals surface area contributed by atoms with Crippen LogP contribution in [0.3, 0.4) is 0 Å². The Hall–Kier alpha value is -3.00. The van der Waals surface area contributed by atoms with E-state index in [0.717, 1.165) is 22.0 Å². The second-order valence-corrected chi connectivity index (χ2v) is 9.33. The van der Waals surface area contributed by atoms with Gasteiger partial charge in [-0.2, -0.15) is 4.31 Å². The van der Waals surface area contributed by atoms with E-state index in [4.69, 9.17) is 0 Å². The van der Waals surface area contributed by atoms with Gasteiger partial charge in [-0.3, -0.25) is 9.69 Å². The number of fused-ring (bicyclic) bond motifs is 1. The second kappa shape index (κ2) is 9.43. The molecule has 3 aromatic carbocycles. The van der Waals surface area contributed by atoms with Crippen molar-refractivity contribution < 1.29 is 13.2 Å². The van der Waals surface area contributed by atoms with Crippen molar-refractivity contribution in [2.45, 2.75) is 0 Å². The van der Waals surface area contributed by atoms with Gasteiger partial charge in [-0.25, -0.2) is 8.42 Å². The Bertz CT molecular complexity index is 1180. The van der Waals surface area contributed by atoms with E-state index in [-0.39, 0.29) is 12.5 Å². The molecule has 0 aromatic heterocycles. The molecule has 1 aliphatic heterocycles. The van der Waals surface area contributed by atoms with Crippen molar-refractivity contribution in [3.63, 3.8) is 0 Å². The maximum absolute atomic E-state index is 12.6. The number of carbonyl (C=O) groups is 1. The van der Waals surface area contributed by atoms with Gasteiger partial charge in [0.25, 0.3) is 0 Å². The molecule has 3 aromatic rings. The summed E-state index contributed by atoms with van der Waals surface area (Å²) < 4.78 is 26.7. The van der Waals surface area contributed by atoms with Gasteiger partial charge in [-0.05, 0) is 23.1 Å². The molecule has 1 saturated heterocycles. The Balaban J connectivity index is 1.31. The summed E-state index contributed by atoms with van der Waals surface area (Å²) >= 11 is 0. The van der Waals surface area contributed by atoms with Gasteiger partial charge in [0.2, 0.25) is 15.9 Å². The third kappa shape index (κ3) is 5.38. The molecule has 1 N–H and O–H groups in total. The van der Waals surface area contributed by atoms with E-state index in [9.17, 15) is 13.2 Å². The first-order valence-electron chi connectivity index (χ1n) is 10.2. The van der Waals surface area contributed by atoms with Gasteiger partial charge >= 0.3 is 0 Å². The van der Waals surface area contributed by atoms with Crippen LogP contribution >= 0.6 is 0 Å². The highest BCUT2D eigenvalue weighted by Crippen LogP contribution is 2.23. The number of rotatable bonds is 6. The van der Waals surface area contributed by atoms with Crippen LogP contribution in [0.25, 0.3) is 16.8 Å². The van der Waals surface area contributed by atoms with E-state index in [1.807, 2.05) is 77.7 Å². The summed E-state index contributed by atoms with van der Waals surface area (Å²) in [6.07, 6.45) is 1.61. The van der Waals surface area contributed by atoms with E-state index >= 15 is 0 Å². The van der Waals surface area contributed by atoms with E-state index in [1.165, 1.54) is 9.71 Å². The molecule has 160 valence electrons. The molecule has 4 rings (SSSR count). The van der Waals surface area contributed by atoms with Crippen molar-refractivity contribution >= 4 is 38.5 Å². The lowest BCUT2D eigenvalue weighted by Crippen LogP contribution is -2.49. The molecule has 1 heterocycles. The molecule has 0 spiro atoms. The fourth-order valence-electron chi connectivity index (χ4n) is 3.68. The summed E-state index contributed by atoms with van der Waals surface area (Å²) in [5.74, 6) is -0.100. The highest BCUT2D eigenvalue weighted by Gasteiger charge is 2.26. The molecule has 0 saturated carbocycles. The normalized spacial score (nSPS) is 16.0. The predicted molar refractivity (Wildman–Crippen MR) is 125 cm³/mol. The van der Waals surface area contributed by atoms with Crippen LogP contribution in [0.2, 0.25) is 0 Å². The third-order valence-corrected chi connectivity index (χ3v) is 6.92. The molecule has 7 heteroatoms. The van der Waals surface area contributed by atoms with Crippen LogP contribution in [-0.4, -0.2) is 56.3 Å². The van der Waals surface area contributed by atoms with E-state index < -0.39 is 10.0 Å². The minimum atomic E-state index is -3.48. The second-order valence-electron chi connectivity index (χ2n) is 7.51. The number of carbonyl (C=O) groups excluding carboxylic acids is 1. The van der Waals surface area contributed by atoms with Gasteiger partial charge in [0, 0.05) is 42.7 Å². The zero-order chi connectivity index (χ0) is 21.7. The summed E-state index contributed by atoms with van der Waals surface area (Å²) in [6, 6.07) is 23.1. The average molecular weight is 436 g/mol. The van der Waals surface area contributed by atoms with Crippen LogP contribution in [-0.2, 0) is 14.8 Å². The van der Waals surface area contributed by atoms with Crippen molar-refractivity contribution in [1.82, 2.24) is 9.21 Å². The maximum Gasteiger partial charge on any atom is 0.238 e.